The molecule has 1 rings (SSSR count). The summed E-state index contributed by atoms with van der Waals surface area (Å²) >= 11 is 0. The van der Waals surface area contributed by atoms with E-state index in [9.17, 15) is 13.2 Å². The molecular weight excluding hydrogens is 290 g/mol. The Kier molecular flexibility index (Phi) is 6.17. The predicted octanol–water partition coefficient (Wildman–Crippen LogP) is 1.76. The number of anilines is 2. The van der Waals surface area contributed by atoms with Crippen LogP contribution in [0, 0.1) is 5.92 Å². The second-order valence-electron chi connectivity index (χ2n) is 4.98. The number of nitrogens with one attached hydrogen (secondary N) is 2. The van der Waals surface area contributed by atoms with E-state index in [1.807, 2.05) is 13.8 Å². The highest BCUT2D eigenvalue weighted by Gasteiger charge is 2.19. The number of sulfonamides is 1. The first kappa shape index (κ1) is 17.5. The fourth-order valence-corrected chi connectivity index (χ4v) is 2.25. The minimum absolute atomic E-state index is 0.00917. The molecule has 0 aliphatic heterocycles. The fraction of sp³-hybridized carbons (Fsp3) is 0.500. The molecule has 6 nitrogen and oxygen atoms in total. The van der Waals surface area contributed by atoms with Crippen LogP contribution < -0.4 is 15.8 Å². The number of hydrogen-bond donors (Lipinski definition) is 3. The standard InChI is InChI=1S/C14H23N3O3S/c1-4-10(3)13(15)14(18)16-11-6-8-12(9-7-11)17-21(19,20)5-2/h6-10,13,17H,4-5,15H2,1-3H3,(H,16,18)/t10?,13-/m0/s1. The molecule has 0 saturated heterocycles. The summed E-state index contributed by atoms with van der Waals surface area (Å²) in [6, 6.07) is 5.90. The summed E-state index contributed by atoms with van der Waals surface area (Å²) in [5, 5.41) is 2.72. The highest BCUT2D eigenvalue weighted by atomic mass is 32.2. The van der Waals surface area contributed by atoms with E-state index in [0.717, 1.165) is 6.42 Å². The molecule has 0 radical (unpaired) electrons. The van der Waals surface area contributed by atoms with E-state index in [0.29, 0.717) is 11.4 Å². The Hall–Kier alpha value is -1.60. The van der Waals surface area contributed by atoms with E-state index >= 15 is 0 Å². The molecule has 1 unspecified atom stereocenters. The third kappa shape index (κ3) is 5.35. The van der Waals surface area contributed by atoms with Crippen LogP contribution in [-0.4, -0.2) is 26.1 Å². The Bertz CT molecular complexity index is 570. The number of nitrogens with two attached hydrogens (primary N) is 1. The van der Waals surface area contributed by atoms with Crippen molar-refractivity contribution >= 4 is 27.3 Å². The van der Waals surface area contributed by atoms with E-state index in [-0.39, 0.29) is 17.6 Å². The molecule has 0 fully saturated rings. The summed E-state index contributed by atoms with van der Waals surface area (Å²) < 4.78 is 25.3. The van der Waals surface area contributed by atoms with Gasteiger partial charge < -0.3 is 11.1 Å². The summed E-state index contributed by atoms with van der Waals surface area (Å²) in [6.07, 6.45) is 0.826. The van der Waals surface area contributed by atoms with Crippen LogP contribution in [0.4, 0.5) is 11.4 Å². The highest BCUT2D eigenvalue weighted by Crippen LogP contribution is 2.16. The third-order valence-electron chi connectivity index (χ3n) is 3.37. The van der Waals surface area contributed by atoms with Gasteiger partial charge in [0.25, 0.3) is 0 Å². The first-order valence-corrected chi connectivity index (χ1v) is 8.61. The number of amides is 1. The first-order chi connectivity index (χ1) is 9.79. The molecule has 4 N–H and O–H groups in total. The largest absolute Gasteiger partial charge is 0.325 e. The lowest BCUT2D eigenvalue weighted by Gasteiger charge is -2.17. The van der Waals surface area contributed by atoms with Gasteiger partial charge in [0.2, 0.25) is 15.9 Å². The van der Waals surface area contributed by atoms with Crippen LogP contribution >= 0.6 is 0 Å². The molecule has 0 saturated carbocycles. The van der Waals surface area contributed by atoms with Crippen LogP contribution in [0.5, 0.6) is 0 Å². The quantitative estimate of drug-likeness (QED) is 0.714. The maximum absolute atomic E-state index is 11.9. The van der Waals surface area contributed by atoms with E-state index in [2.05, 4.69) is 10.0 Å². The van der Waals surface area contributed by atoms with E-state index < -0.39 is 16.1 Å². The summed E-state index contributed by atoms with van der Waals surface area (Å²) in [5.41, 5.74) is 6.89. The number of carbonyl (C=O) groups excluding carboxylic acids is 1. The molecule has 1 amide bonds. The van der Waals surface area contributed by atoms with Gasteiger partial charge in [-0.25, -0.2) is 8.42 Å². The fourth-order valence-electron chi connectivity index (χ4n) is 1.61. The number of hydrogen-bond acceptors (Lipinski definition) is 4. The third-order valence-corrected chi connectivity index (χ3v) is 4.67. The lowest BCUT2D eigenvalue weighted by atomic mass is 9.99. The second kappa shape index (κ2) is 7.42. The molecule has 0 aliphatic carbocycles. The Morgan fingerprint density at radius 3 is 2.19 bits per heavy atom. The Morgan fingerprint density at radius 1 is 1.19 bits per heavy atom. The average Bonchev–Trinajstić information content (AvgIpc) is 2.47. The Labute approximate surface area is 126 Å². The van der Waals surface area contributed by atoms with Gasteiger partial charge in [-0.3, -0.25) is 9.52 Å². The molecule has 21 heavy (non-hydrogen) atoms. The molecule has 2 atom stereocenters. The number of carbonyl (C=O) groups is 1. The molecule has 1 aromatic rings. The topological polar surface area (TPSA) is 101 Å². The Balaban J connectivity index is 2.69. The average molecular weight is 313 g/mol. The van der Waals surface area contributed by atoms with Gasteiger partial charge in [0.15, 0.2) is 0 Å². The first-order valence-electron chi connectivity index (χ1n) is 6.96. The lowest BCUT2D eigenvalue weighted by Crippen LogP contribution is -2.40. The van der Waals surface area contributed by atoms with Crippen molar-refractivity contribution in [3.63, 3.8) is 0 Å². The van der Waals surface area contributed by atoms with Crippen molar-refractivity contribution in [2.24, 2.45) is 11.7 Å². The summed E-state index contributed by atoms with van der Waals surface area (Å²) in [5.74, 6) is -0.137. The SMILES string of the molecule is CCC(C)[C@H](N)C(=O)Nc1ccc(NS(=O)(=O)CC)cc1. The summed E-state index contributed by atoms with van der Waals surface area (Å²) in [7, 11) is -3.29. The van der Waals surface area contributed by atoms with Crippen LogP contribution in [0.1, 0.15) is 27.2 Å². The second-order valence-corrected chi connectivity index (χ2v) is 6.99. The number of rotatable bonds is 7. The molecule has 118 valence electrons. The van der Waals surface area contributed by atoms with E-state index in [1.165, 1.54) is 0 Å². The normalized spacial score (nSPS) is 14.3. The highest BCUT2D eigenvalue weighted by molar-refractivity contribution is 7.92. The molecular formula is C14H23N3O3S. The molecule has 0 bridgehead atoms. The van der Waals surface area contributed by atoms with Crippen molar-refractivity contribution in [1.82, 2.24) is 0 Å². The van der Waals surface area contributed by atoms with Crippen molar-refractivity contribution in [3.8, 4) is 0 Å². The summed E-state index contributed by atoms with van der Waals surface area (Å²) in [4.78, 5) is 11.9. The van der Waals surface area contributed by atoms with Gasteiger partial charge in [0, 0.05) is 11.4 Å². The zero-order chi connectivity index (χ0) is 16.0. The summed E-state index contributed by atoms with van der Waals surface area (Å²) in [6.45, 7) is 5.46. The molecule has 1 aromatic carbocycles. The van der Waals surface area contributed by atoms with Crippen LogP contribution in [0.3, 0.4) is 0 Å². The van der Waals surface area contributed by atoms with Crippen molar-refractivity contribution in [2.75, 3.05) is 15.8 Å². The van der Waals surface area contributed by atoms with Crippen LogP contribution in [-0.2, 0) is 14.8 Å². The van der Waals surface area contributed by atoms with Gasteiger partial charge in [0.05, 0.1) is 11.8 Å². The van der Waals surface area contributed by atoms with E-state index in [1.54, 1.807) is 31.2 Å². The van der Waals surface area contributed by atoms with Gasteiger partial charge in [-0.2, -0.15) is 0 Å². The van der Waals surface area contributed by atoms with Crippen LogP contribution in [0.25, 0.3) is 0 Å². The zero-order valence-electron chi connectivity index (χ0n) is 12.6. The van der Waals surface area contributed by atoms with Crippen molar-refractivity contribution in [3.05, 3.63) is 24.3 Å². The molecule has 0 heterocycles. The minimum Gasteiger partial charge on any atom is -0.325 e. The molecule has 0 aromatic heterocycles. The van der Waals surface area contributed by atoms with Gasteiger partial charge in [-0.1, -0.05) is 20.3 Å². The molecule has 0 spiro atoms. The van der Waals surface area contributed by atoms with Crippen molar-refractivity contribution in [2.45, 2.75) is 33.2 Å². The molecule has 7 heteroatoms. The monoisotopic (exact) mass is 313 g/mol. The Morgan fingerprint density at radius 2 is 1.71 bits per heavy atom. The van der Waals surface area contributed by atoms with Gasteiger partial charge >= 0.3 is 0 Å². The van der Waals surface area contributed by atoms with E-state index in [4.69, 9.17) is 5.73 Å². The smallest absolute Gasteiger partial charge is 0.241 e. The van der Waals surface area contributed by atoms with Crippen molar-refractivity contribution in [1.29, 1.82) is 0 Å². The van der Waals surface area contributed by atoms with Gasteiger partial charge in [0.1, 0.15) is 0 Å². The minimum atomic E-state index is -3.29. The number of benzene rings is 1. The van der Waals surface area contributed by atoms with Crippen LogP contribution in [0.2, 0.25) is 0 Å². The molecule has 0 aliphatic rings. The lowest BCUT2D eigenvalue weighted by molar-refractivity contribution is -0.118. The van der Waals surface area contributed by atoms with Gasteiger partial charge in [-0.15, -0.1) is 0 Å². The predicted molar refractivity (Wildman–Crippen MR) is 85.6 cm³/mol. The van der Waals surface area contributed by atoms with Crippen LogP contribution in [0.15, 0.2) is 24.3 Å². The van der Waals surface area contributed by atoms with Gasteiger partial charge in [-0.05, 0) is 37.1 Å². The van der Waals surface area contributed by atoms with Crippen molar-refractivity contribution < 1.29 is 13.2 Å². The maximum atomic E-state index is 11.9. The zero-order valence-corrected chi connectivity index (χ0v) is 13.4. The maximum Gasteiger partial charge on any atom is 0.241 e.